The second kappa shape index (κ2) is 5.36. The molecule has 0 spiro atoms. The van der Waals surface area contributed by atoms with Crippen LogP contribution in [0.5, 0.6) is 0 Å². The molecule has 1 aromatic rings. The van der Waals surface area contributed by atoms with Crippen LogP contribution in [0.4, 0.5) is 11.4 Å². The average molecular weight is 263 g/mol. The molecular weight excluding hydrogens is 246 g/mol. The molecule has 0 bridgehead atoms. The Balaban J connectivity index is 2.25. The highest BCUT2D eigenvalue weighted by molar-refractivity contribution is 5.97. The third-order valence-electron chi connectivity index (χ3n) is 3.44. The standard InChI is InChI=1S/C13H17N3O3/c1-8-6-11(12(16(18)19)7-9(8)2)15-13(17)10-4-3-5-14-10/h6-7,10,14H,3-5H2,1-2H3,(H,15,17)/t10-/m0/s1. The molecule has 0 unspecified atom stereocenters. The molecule has 1 fully saturated rings. The van der Waals surface area contributed by atoms with E-state index in [4.69, 9.17) is 0 Å². The molecule has 1 aliphatic rings. The van der Waals surface area contributed by atoms with Crippen LogP contribution in [-0.4, -0.2) is 23.4 Å². The smallest absolute Gasteiger partial charge is 0.293 e. The van der Waals surface area contributed by atoms with Crippen LogP contribution in [0.2, 0.25) is 0 Å². The molecule has 0 radical (unpaired) electrons. The Morgan fingerprint density at radius 2 is 2.11 bits per heavy atom. The van der Waals surface area contributed by atoms with Gasteiger partial charge in [-0.2, -0.15) is 0 Å². The molecule has 2 N–H and O–H groups in total. The highest BCUT2D eigenvalue weighted by Crippen LogP contribution is 2.28. The van der Waals surface area contributed by atoms with Crippen molar-refractivity contribution >= 4 is 17.3 Å². The third-order valence-corrected chi connectivity index (χ3v) is 3.44. The van der Waals surface area contributed by atoms with E-state index < -0.39 is 4.92 Å². The Kier molecular flexibility index (Phi) is 3.80. The van der Waals surface area contributed by atoms with E-state index in [1.807, 2.05) is 13.8 Å². The van der Waals surface area contributed by atoms with E-state index in [1.54, 1.807) is 6.07 Å². The molecular formula is C13H17N3O3. The SMILES string of the molecule is Cc1cc(NC(=O)[C@@H]2CCCN2)c([N+](=O)[O-])cc1C. The highest BCUT2D eigenvalue weighted by Gasteiger charge is 2.24. The lowest BCUT2D eigenvalue weighted by atomic mass is 10.1. The minimum Gasteiger partial charge on any atom is -0.319 e. The lowest BCUT2D eigenvalue weighted by Crippen LogP contribution is -2.35. The Hall–Kier alpha value is -1.95. The summed E-state index contributed by atoms with van der Waals surface area (Å²) in [6, 6.07) is 2.90. The number of anilines is 1. The molecule has 0 saturated carbocycles. The molecule has 0 aromatic heterocycles. The van der Waals surface area contributed by atoms with Crippen molar-refractivity contribution in [1.29, 1.82) is 0 Å². The maximum Gasteiger partial charge on any atom is 0.293 e. The Labute approximate surface area is 111 Å². The van der Waals surface area contributed by atoms with Gasteiger partial charge in [0.15, 0.2) is 0 Å². The normalized spacial score (nSPS) is 18.3. The van der Waals surface area contributed by atoms with E-state index in [0.29, 0.717) is 0 Å². The first-order chi connectivity index (χ1) is 8.99. The van der Waals surface area contributed by atoms with Crippen LogP contribution in [0.1, 0.15) is 24.0 Å². The molecule has 1 amide bonds. The van der Waals surface area contributed by atoms with Crippen molar-refractivity contribution in [3.63, 3.8) is 0 Å². The molecule has 1 atom stereocenters. The topological polar surface area (TPSA) is 84.3 Å². The maximum atomic E-state index is 12.0. The Morgan fingerprint density at radius 3 is 2.68 bits per heavy atom. The van der Waals surface area contributed by atoms with Gasteiger partial charge in [-0.15, -0.1) is 0 Å². The van der Waals surface area contributed by atoms with Gasteiger partial charge in [-0.05, 0) is 50.4 Å². The van der Waals surface area contributed by atoms with Crippen molar-refractivity contribution in [2.45, 2.75) is 32.7 Å². The predicted octanol–water partition coefficient (Wildman–Crippen LogP) is 1.90. The molecule has 1 aliphatic heterocycles. The number of aryl methyl sites for hydroxylation is 2. The minimum atomic E-state index is -0.468. The number of nitro benzene ring substituents is 1. The number of carbonyl (C=O) groups is 1. The molecule has 0 aliphatic carbocycles. The van der Waals surface area contributed by atoms with Gasteiger partial charge in [0.1, 0.15) is 5.69 Å². The zero-order valence-corrected chi connectivity index (χ0v) is 11.0. The fourth-order valence-corrected chi connectivity index (χ4v) is 2.18. The van der Waals surface area contributed by atoms with Crippen molar-refractivity contribution in [2.24, 2.45) is 0 Å². The zero-order valence-electron chi connectivity index (χ0n) is 11.0. The van der Waals surface area contributed by atoms with Crippen LogP contribution in [0, 0.1) is 24.0 Å². The van der Waals surface area contributed by atoms with Gasteiger partial charge in [-0.25, -0.2) is 0 Å². The van der Waals surface area contributed by atoms with E-state index in [1.165, 1.54) is 6.07 Å². The lowest BCUT2D eigenvalue weighted by Gasteiger charge is -2.12. The van der Waals surface area contributed by atoms with Crippen molar-refractivity contribution in [1.82, 2.24) is 5.32 Å². The number of nitro groups is 1. The van der Waals surface area contributed by atoms with Crippen molar-refractivity contribution in [3.8, 4) is 0 Å². The molecule has 6 heteroatoms. The van der Waals surface area contributed by atoms with Gasteiger partial charge in [0.2, 0.25) is 5.91 Å². The summed E-state index contributed by atoms with van der Waals surface area (Å²) in [5, 5.41) is 16.8. The van der Waals surface area contributed by atoms with Gasteiger partial charge >= 0.3 is 0 Å². The maximum absolute atomic E-state index is 12.0. The highest BCUT2D eigenvalue weighted by atomic mass is 16.6. The summed E-state index contributed by atoms with van der Waals surface area (Å²) in [6.07, 6.45) is 1.72. The van der Waals surface area contributed by atoms with Crippen molar-refractivity contribution in [2.75, 3.05) is 11.9 Å². The average Bonchev–Trinajstić information content (AvgIpc) is 2.86. The molecule has 1 saturated heterocycles. The first-order valence-corrected chi connectivity index (χ1v) is 6.29. The van der Waals surface area contributed by atoms with Crippen LogP contribution >= 0.6 is 0 Å². The number of hydrogen-bond donors (Lipinski definition) is 2. The molecule has 2 rings (SSSR count). The van der Waals surface area contributed by atoms with Crippen molar-refractivity contribution in [3.05, 3.63) is 33.4 Å². The molecule has 1 aromatic carbocycles. The summed E-state index contributed by atoms with van der Waals surface area (Å²) in [5.41, 5.74) is 1.96. The van der Waals surface area contributed by atoms with Gasteiger partial charge < -0.3 is 10.6 Å². The number of nitrogens with one attached hydrogen (secondary N) is 2. The van der Waals surface area contributed by atoms with Crippen LogP contribution in [0.25, 0.3) is 0 Å². The van der Waals surface area contributed by atoms with Gasteiger partial charge in [-0.1, -0.05) is 0 Å². The number of benzene rings is 1. The van der Waals surface area contributed by atoms with Crippen molar-refractivity contribution < 1.29 is 9.72 Å². The largest absolute Gasteiger partial charge is 0.319 e. The summed E-state index contributed by atoms with van der Waals surface area (Å²) >= 11 is 0. The zero-order chi connectivity index (χ0) is 14.0. The number of hydrogen-bond acceptors (Lipinski definition) is 4. The van der Waals surface area contributed by atoms with E-state index in [0.717, 1.165) is 30.5 Å². The summed E-state index contributed by atoms with van der Waals surface area (Å²) in [7, 11) is 0. The fourth-order valence-electron chi connectivity index (χ4n) is 2.18. The number of amides is 1. The lowest BCUT2D eigenvalue weighted by molar-refractivity contribution is -0.384. The fraction of sp³-hybridized carbons (Fsp3) is 0.462. The quantitative estimate of drug-likeness (QED) is 0.644. The van der Waals surface area contributed by atoms with Crippen LogP contribution < -0.4 is 10.6 Å². The number of rotatable bonds is 3. The first-order valence-electron chi connectivity index (χ1n) is 6.29. The third kappa shape index (κ3) is 2.90. The van der Waals surface area contributed by atoms with E-state index in [9.17, 15) is 14.9 Å². The molecule has 102 valence electrons. The monoisotopic (exact) mass is 263 g/mol. The summed E-state index contributed by atoms with van der Waals surface area (Å²) in [4.78, 5) is 22.5. The molecule has 1 heterocycles. The van der Waals surface area contributed by atoms with Crippen LogP contribution in [0.3, 0.4) is 0 Å². The number of carbonyl (C=O) groups excluding carboxylic acids is 1. The Bertz CT molecular complexity index is 522. The van der Waals surface area contributed by atoms with E-state index in [2.05, 4.69) is 10.6 Å². The summed E-state index contributed by atoms with van der Waals surface area (Å²) in [6.45, 7) is 4.49. The second-order valence-electron chi connectivity index (χ2n) is 4.85. The minimum absolute atomic E-state index is 0.0607. The van der Waals surface area contributed by atoms with Gasteiger partial charge in [0, 0.05) is 6.07 Å². The van der Waals surface area contributed by atoms with Crippen LogP contribution in [-0.2, 0) is 4.79 Å². The van der Waals surface area contributed by atoms with Crippen LogP contribution in [0.15, 0.2) is 12.1 Å². The number of nitrogens with zero attached hydrogens (tertiary/aromatic N) is 1. The molecule has 19 heavy (non-hydrogen) atoms. The second-order valence-corrected chi connectivity index (χ2v) is 4.85. The first kappa shape index (κ1) is 13.5. The van der Waals surface area contributed by atoms with E-state index >= 15 is 0 Å². The summed E-state index contributed by atoms with van der Waals surface area (Å²) in [5.74, 6) is -0.205. The Morgan fingerprint density at radius 1 is 1.42 bits per heavy atom. The van der Waals surface area contributed by atoms with E-state index in [-0.39, 0.29) is 23.3 Å². The van der Waals surface area contributed by atoms with Gasteiger partial charge in [0.05, 0.1) is 11.0 Å². The van der Waals surface area contributed by atoms with Gasteiger partial charge in [0.25, 0.3) is 5.69 Å². The molecule has 6 nitrogen and oxygen atoms in total. The predicted molar refractivity (Wildman–Crippen MR) is 72.2 cm³/mol. The van der Waals surface area contributed by atoms with Gasteiger partial charge in [-0.3, -0.25) is 14.9 Å². The summed E-state index contributed by atoms with van der Waals surface area (Å²) < 4.78 is 0.